The first-order chi connectivity index (χ1) is 10.1. The molecule has 0 heterocycles. The molecular weight excluding hydrogens is 377 g/mol. The average molecular weight is 395 g/mol. The summed E-state index contributed by atoms with van der Waals surface area (Å²) in [5.74, 6) is -0.366. The molecule has 0 aliphatic heterocycles. The predicted octanol–water partition coefficient (Wildman–Crippen LogP) is 5.36. The van der Waals surface area contributed by atoms with E-state index in [0.29, 0.717) is 6.42 Å². The number of unbranched alkanes of at least 4 members (excludes halogenated alkanes) is 2. The van der Waals surface area contributed by atoms with Gasteiger partial charge in [0.15, 0.2) is 0 Å². The lowest BCUT2D eigenvalue weighted by atomic mass is 9.94. The molecule has 23 heavy (non-hydrogen) atoms. The van der Waals surface area contributed by atoms with Gasteiger partial charge in [0.1, 0.15) is 0 Å². The second kappa shape index (κ2) is 8.22. The summed E-state index contributed by atoms with van der Waals surface area (Å²) in [4.78, 5) is 0. The van der Waals surface area contributed by atoms with Crippen LogP contribution in [0, 0.1) is 5.92 Å². The van der Waals surface area contributed by atoms with Crippen LogP contribution in [0.5, 0.6) is 0 Å². The molecule has 1 unspecified atom stereocenters. The number of rotatable bonds is 9. The van der Waals surface area contributed by atoms with Crippen LogP contribution in [0.4, 0.5) is 30.7 Å². The maximum Gasteiger partial charge on any atom is 0.431 e. The van der Waals surface area contributed by atoms with Crippen LogP contribution < -0.4 is 0 Å². The molecule has 2 nitrogen and oxygen atoms in total. The first kappa shape index (κ1) is 22.8. The normalized spacial score (nSPS) is 15.7. The molecule has 0 aromatic rings. The lowest BCUT2D eigenvalue weighted by molar-refractivity contribution is -0.343. The van der Waals surface area contributed by atoms with E-state index in [-0.39, 0.29) is 30.9 Å². The maximum atomic E-state index is 13.3. The van der Waals surface area contributed by atoms with Crippen LogP contribution in [0.15, 0.2) is 0 Å². The summed E-state index contributed by atoms with van der Waals surface area (Å²) in [6.45, 7) is 1.69. The lowest BCUT2D eigenvalue weighted by Crippen LogP contribution is -2.53. The fourth-order valence-electron chi connectivity index (χ4n) is 1.97. The van der Waals surface area contributed by atoms with E-state index >= 15 is 0 Å². The summed E-state index contributed by atoms with van der Waals surface area (Å²) < 4.78 is 108. The van der Waals surface area contributed by atoms with Crippen LogP contribution in [-0.2, 0) is 9.05 Å². The molecule has 140 valence electrons. The molecule has 0 aromatic heterocycles. The van der Waals surface area contributed by atoms with Crippen LogP contribution in [0.1, 0.15) is 45.4 Å². The highest BCUT2D eigenvalue weighted by molar-refractivity contribution is 8.13. The summed E-state index contributed by atoms with van der Waals surface area (Å²) in [6, 6.07) is 0. The lowest BCUT2D eigenvalue weighted by Gasteiger charge is -2.29. The molecule has 0 spiro atoms. The third kappa shape index (κ3) is 7.91. The molecule has 11 heteroatoms. The Morgan fingerprint density at radius 2 is 1.35 bits per heavy atom. The van der Waals surface area contributed by atoms with Crippen LogP contribution in [0.25, 0.3) is 0 Å². The van der Waals surface area contributed by atoms with Gasteiger partial charge in [-0.15, -0.1) is 0 Å². The van der Waals surface area contributed by atoms with Gasteiger partial charge in [0, 0.05) is 10.7 Å². The molecule has 0 saturated carbocycles. The van der Waals surface area contributed by atoms with Crippen LogP contribution >= 0.6 is 10.7 Å². The van der Waals surface area contributed by atoms with Gasteiger partial charge in [-0.25, -0.2) is 12.8 Å². The van der Waals surface area contributed by atoms with Gasteiger partial charge in [-0.1, -0.05) is 26.2 Å². The van der Waals surface area contributed by atoms with Crippen molar-refractivity contribution in [2.75, 3.05) is 5.75 Å². The van der Waals surface area contributed by atoms with Crippen molar-refractivity contribution in [3.8, 4) is 0 Å². The number of hydrogen-bond acceptors (Lipinski definition) is 2. The van der Waals surface area contributed by atoms with Crippen LogP contribution in [0.2, 0.25) is 0 Å². The van der Waals surface area contributed by atoms with Gasteiger partial charge in [-0.2, -0.15) is 26.3 Å². The zero-order valence-electron chi connectivity index (χ0n) is 12.3. The zero-order valence-corrected chi connectivity index (χ0v) is 13.8. The van der Waals surface area contributed by atoms with E-state index in [1.807, 2.05) is 0 Å². The van der Waals surface area contributed by atoms with Crippen molar-refractivity contribution in [1.29, 1.82) is 0 Å². The number of halogens is 8. The Morgan fingerprint density at radius 3 is 1.74 bits per heavy atom. The molecular formula is C12H18ClF7O2S. The topological polar surface area (TPSA) is 34.1 Å². The van der Waals surface area contributed by atoms with E-state index in [1.165, 1.54) is 0 Å². The van der Waals surface area contributed by atoms with Crippen molar-refractivity contribution < 1.29 is 39.2 Å². The molecule has 0 aromatic carbocycles. The summed E-state index contributed by atoms with van der Waals surface area (Å²) in [6.07, 6.45) is -13.4. The van der Waals surface area contributed by atoms with E-state index in [9.17, 15) is 39.2 Å². The monoisotopic (exact) mass is 394 g/mol. The molecule has 0 radical (unpaired) electrons. The van der Waals surface area contributed by atoms with Gasteiger partial charge in [0.05, 0.1) is 5.75 Å². The van der Waals surface area contributed by atoms with Gasteiger partial charge in [0.25, 0.3) is 5.67 Å². The fourth-order valence-corrected chi connectivity index (χ4v) is 2.92. The van der Waals surface area contributed by atoms with Gasteiger partial charge in [0.2, 0.25) is 9.05 Å². The molecule has 0 fully saturated rings. The Balaban J connectivity index is 4.24. The van der Waals surface area contributed by atoms with E-state index < -0.39 is 39.9 Å². The first-order valence-electron chi connectivity index (χ1n) is 6.85. The van der Waals surface area contributed by atoms with Crippen LogP contribution in [0.3, 0.4) is 0 Å². The summed E-state index contributed by atoms with van der Waals surface area (Å²) in [5.41, 5.74) is -5.20. The quantitative estimate of drug-likeness (QED) is 0.299. The van der Waals surface area contributed by atoms with Crippen molar-refractivity contribution in [3.63, 3.8) is 0 Å². The fraction of sp³-hybridized carbons (Fsp3) is 1.00. The second-order valence-corrected chi connectivity index (χ2v) is 8.43. The van der Waals surface area contributed by atoms with Gasteiger partial charge in [-0.05, 0) is 25.2 Å². The Morgan fingerprint density at radius 1 is 0.870 bits per heavy atom. The minimum atomic E-state index is -6.01. The van der Waals surface area contributed by atoms with Crippen molar-refractivity contribution in [3.05, 3.63) is 0 Å². The van der Waals surface area contributed by atoms with E-state index in [4.69, 9.17) is 10.7 Å². The van der Waals surface area contributed by atoms with E-state index in [0.717, 1.165) is 0 Å². The van der Waals surface area contributed by atoms with Gasteiger partial charge < -0.3 is 0 Å². The van der Waals surface area contributed by atoms with Crippen LogP contribution in [-0.4, -0.2) is 32.2 Å². The highest BCUT2D eigenvalue weighted by Crippen LogP contribution is 2.49. The molecule has 0 aliphatic carbocycles. The predicted molar refractivity (Wildman–Crippen MR) is 72.5 cm³/mol. The first-order valence-corrected chi connectivity index (χ1v) is 9.33. The number of alkyl halides is 7. The largest absolute Gasteiger partial charge is 0.431 e. The van der Waals surface area contributed by atoms with Crippen molar-refractivity contribution >= 4 is 19.7 Å². The highest BCUT2D eigenvalue weighted by Gasteiger charge is 2.71. The highest BCUT2D eigenvalue weighted by atomic mass is 35.7. The zero-order chi connectivity index (χ0) is 18.5. The standard InChI is InChI=1S/C12H18ClF7O2S/c1-9(6-8-23(13,21)22)5-3-2-4-7-10(14,11(15,16)17)12(18,19)20/h9H,2-8H2,1H3. The summed E-state index contributed by atoms with van der Waals surface area (Å²) in [5, 5.41) is 0. The molecule has 1 atom stereocenters. The van der Waals surface area contributed by atoms with Crippen molar-refractivity contribution in [1.82, 2.24) is 0 Å². The van der Waals surface area contributed by atoms with E-state index in [1.54, 1.807) is 6.92 Å². The second-order valence-electron chi connectivity index (χ2n) is 5.53. The molecule has 0 rings (SSSR count). The van der Waals surface area contributed by atoms with E-state index in [2.05, 4.69) is 0 Å². The Hall–Kier alpha value is -0.250. The maximum absolute atomic E-state index is 13.3. The molecule has 0 saturated heterocycles. The molecule has 0 amide bonds. The smallest absolute Gasteiger partial charge is 0.224 e. The SMILES string of the molecule is CC(CCCCCC(F)(C(F)(F)F)C(F)(F)F)CCS(=O)(=O)Cl. The Labute approximate surface area is 134 Å². The minimum Gasteiger partial charge on any atom is -0.224 e. The third-order valence-electron chi connectivity index (χ3n) is 3.47. The van der Waals surface area contributed by atoms with Crippen molar-refractivity contribution in [2.45, 2.75) is 63.5 Å². The molecule has 0 N–H and O–H groups in total. The molecule has 0 bridgehead atoms. The number of hydrogen-bond donors (Lipinski definition) is 0. The van der Waals surface area contributed by atoms with Gasteiger partial charge in [-0.3, -0.25) is 0 Å². The Bertz CT molecular complexity index is 445. The van der Waals surface area contributed by atoms with Gasteiger partial charge >= 0.3 is 12.4 Å². The molecule has 0 aliphatic rings. The average Bonchev–Trinajstić information content (AvgIpc) is 2.32. The Kier molecular flexibility index (Phi) is 8.13. The summed E-state index contributed by atoms with van der Waals surface area (Å²) in [7, 11) is 1.38. The summed E-state index contributed by atoms with van der Waals surface area (Å²) >= 11 is 0. The third-order valence-corrected chi connectivity index (χ3v) is 4.66. The van der Waals surface area contributed by atoms with Crippen molar-refractivity contribution in [2.24, 2.45) is 5.92 Å². The minimum absolute atomic E-state index is 0.0181.